The molecule has 34 heavy (non-hydrogen) atoms. The quantitative estimate of drug-likeness (QED) is 0.433. The third-order valence-corrected chi connectivity index (χ3v) is 5.30. The van der Waals surface area contributed by atoms with Crippen LogP contribution in [0.3, 0.4) is 0 Å². The average molecular weight is 471 g/mol. The van der Waals surface area contributed by atoms with E-state index < -0.39 is 0 Å². The van der Waals surface area contributed by atoms with Gasteiger partial charge in [-0.1, -0.05) is 0 Å². The molecule has 10 nitrogen and oxygen atoms in total. The Morgan fingerprint density at radius 2 is 1.79 bits per heavy atom. The smallest absolute Gasteiger partial charge is 0.346 e. The van der Waals surface area contributed by atoms with Crippen molar-refractivity contribution in [3.8, 4) is 28.8 Å². The van der Waals surface area contributed by atoms with E-state index in [0.29, 0.717) is 54.2 Å². The molecule has 1 fully saturated rings. The van der Waals surface area contributed by atoms with Crippen LogP contribution in [-0.2, 0) is 6.54 Å². The van der Waals surface area contributed by atoms with Gasteiger partial charge in [0.15, 0.2) is 17.3 Å². The summed E-state index contributed by atoms with van der Waals surface area (Å²) in [5.41, 5.74) is 0.170. The van der Waals surface area contributed by atoms with Crippen LogP contribution in [0.15, 0.2) is 39.7 Å². The average Bonchev–Trinajstić information content (AvgIpc) is 3.40. The standard InChI is InChI=1S/C24H30N4O6/c1-4-31-19-14-16(15-20(32-5-2)21(19)33-6-3)23(29)25-11-12-27-24(30)28(17-9-10-17)22(26-27)18-8-7-13-34-18/h7-8,13-15,17H,4-6,9-12H2,1-3H3,(H,25,29). The Morgan fingerprint density at radius 1 is 1.12 bits per heavy atom. The van der Waals surface area contributed by atoms with Gasteiger partial charge in [-0.3, -0.25) is 9.36 Å². The fourth-order valence-electron chi connectivity index (χ4n) is 3.70. The van der Waals surface area contributed by atoms with Crippen molar-refractivity contribution in [1.29, 1.82) is 0 Å². The number of aromatic nitrogens is 3. The van der Waals surface area contributed by atoms with E-state index >= 15 is 0 Å². The first-order chi connectivity index (χ1) is 16.6. The number of nitrogens with zero attached hydrogens (tertiary/aromatic N) is 3. The third kappa shape index (κ3) is 4.95. The summed E-state index contributed by atoms with van der Waals surface area (Å²) in [6.07, 6.45) is 3.44. The first-order valence-electron chi connectivity index (χ1n) is 11.6. The molecule has 1 aliphatic rings. The summed E-state index contributed by atoms with van der Waals surface area (Å²) >= 11 is 0. The second kappa shape index (κ2) is 10.5. The lowest BCUT2D eigenvalue weighted by molar-refractivity contribution is 0.0950. The van der Waals surface area contributed by atoms with E-state index in [4.69, 9.17) is 18.6 Å². The summed E-state index contributed by atoms with van der Waals surface area (Å²) in [6, 6.07) is 6.96. The van der Waals surface area contributed by atoms with Crippen molar-refractivity contribution in [2.45, 2.75) is 46.2 Å². The molecule has 0 bridgehead atoms. The molecular weight excluding hydrogens is 440 g/mol. The van der Waals surface area contributed by atoms with Crippen LogP contribution in [0.25, 0.3) is 11.6 Å². The van der Waals surface area contributed by atoms with E-state index in [1.165, 1.54) is 4.68 Å². The van der Waals surface area contributed by atoms with Gasteiger partial charge in [0.2, 0.25) is 11.6 Å². The van der Waals surface area contributed by atoms with Crippen molar-refractivity contribution in [3.63, 3.8) is 0 Å². The zero-order valence-corrected chi connectivity index (χ0v) is 19.7. The Labute approximate surface area is 197 Å². The number of hydrogen-bond acceptors (Lipinski definition) is 7. The van der Waals surface area contributed by atoms with Crippen LogP contribution in [0, 0.1) is 0 Å². The largest absolute Gasteiger partial charge is 0.490 e. The van der Waals surface area contributed by atoms with Crippen LogP contribution in [-0.4, -0.2) is 46.6 Å². The number of ether oxygens (including phenoxy) is 3. The van der Waals surface area contributed by atoms with Gasteiger partial charge in [0, 0.05) is 18.2 Å². The zero-order chi connectivity index (χ0) is 24.1. The van der Waals surface area contributed by atoms with Gasteiger partial charge in [-0.05, 0) is 57.9 Å². The number of benzene rings is 1. The lowest BCUT2D eigenvalue weighted by Crippen LogP contribution is -2.32. The number of hydrogen-bond donors (Lipinski definition) is 1. The molecule has 3 aromatic rings. The minimum atomic E-state index is -0.314. The maximum absolute atomic E-state index is 12.9. The summed E-state index contributed by atoms with van der Waals surface area (Å²) in [4.78, 5) is 25.8. The molecule has 0 saturated heterocycles. The van der Waals surface area contributed by atoms with Crippen LogP contribution in [0.2, 0.25) is 0 Å². The molecule has 0 unspecified atom stereocenters. The van der Waals surface area contributed by atoms with Gasteiger partial charge >= 0.3 is 5.69 Å². The predicted molar refractivity (Wildman–Crippen MR) is 125 cm³/mol. The molecule has 2 aromatic heterocycles. The van der Waals surface area contributed by atoms with Gasteiger partial charge in [0.05, 0.1) is 32.6 Å². The SMILES string of the molecule is CCOc1cc(C(=O)NCCn2nc(-c3ccco3)n(C3CC3)c2=O)cc(OCC)c1OCC. The second-order valence-electron chi connectivity index (χ2n) is 7.76. The number of nitrogens with one attached hydrogen (secondary N) is 1. The molecule has 0 atom stereocenters. The van der Waals surface area contributed by atoms with Crippen molar-refractivity contribution in [3.05, 3.63) is 46.6 Å². The lowest BCUT2D eigenvalue weighted by atomic mass is 10.1. The maximum Gasteiger partial charge on any atom is 0.346 e. The van der Waals surface area contributed by atoms with E-state index in [2.05, 4.69) is 10.4 Å². The monoisotopic (exact) mass is 470 g/mol. The summed E-state index contributed by atoms with van der Waals surface area (Å²) in [6.45, 7) is 7.31. The molecule has 10 heteroatoms. The minimum Gasteiger partial charge on any atom is -0.490 e. The Hall–Kier alpha value is -3.69. The van der Waals surface area contributed by atoms with Gasteiger partial charge in [-0.15, -0.1) is 5.10 Å². The van der Waals surface area contributed by atoms with Crippen molar-refractivity contribution < 1.29 is 23.4 Å². The molecule has 1 amide bonds. The summed E-state index contributed by atoms with van der Waals surface area (Å²) in [7, 11) is 0. The zero-order valence-electron chi connectivity index (χ0n) is 19.7. The Kier molecular flexibility index (Phi) is 7.24. The number of furan rings is 1. The molecule has 1 aromatic carbocycles. The summed E-state index contributed by atoms with van der Waals surface area (Å²) < 4.78 is 25.6. The molecule has 1 saturated carbocycles. The fourth-order valence-corrected chi connectivity index (χ4v) is 3.70. The number of rotatable bonds is 12. The highest BCUT2D eigenvalue weighted by Gasteiger charge is 2.31. The van der Waals surface area contributed by atoms with Crippen LogP contribution in [0.4, 0.5) is 0 Å². The fraction of sp³-hybridized carbons (Fsp3) is 0.458. The molecule has 1 aliphatic carbocycles. The first kappa shape index (κ1) is 23.5. The minimum absolute atomic E-state index is 0.147. The number of carbonyl (C=O) groups excluding carboxylic acids is 1. The highest BCUT2D eigenvalue weighted by atomic mass is 16.5. The molecule has 4 rings (SSSR count). The third-order valence-electron chi connectivity index (χ3n) is 5.30. The molecule has 182 valence electrons. The van der Waals surface area contributed by atoms with E-state index in [1.807, 2.05) is 20.8 Å². The van der Waals surface area contributed by atoms with Crippen LogP contribution < -0.4 is 25.2 Å². The van der Waals surface area contributed by atoms with Gasteiger partial charge < -0.3 is 23.9 Å². The first-order valence-corrected chi connectivity index (χ1v) is 11.6. The molecule has 1 N–H and O–H groups in total. The summed E-state index contributed by atoms with van der Waals surface area (Å²) in [5, 5.41) is 7.31. The van der Waals surface area contributed by atoms with Crippen molar-refractivity contribution in [1.82, 2.24) is 19.7 Å². The normalized spacial score (nSPS) is 13.0. The Balaban J connectivity index is 1.49. The maximum atomic E-state index is 12.9. The summed E-state index contributed by atoms with van der Waals surface area (Å²) in [5.74, 6) is 2.12. The van der Waals surface area contributed by atoms with E-state index in [1.54, 1.807) is 35.1 Å². The second-order valence-corrected chi connectivity index (χ2v) is 7.76. The van der Waals surface area contributed by atoms with E-state index in [-0.39, 0.29) is 30.7 Å². The van der Waals surface area contributed by atoms with Crippen molar-refractivity contribution in [2.24, 2.45) is 0 Å². The predicted octanol–water partition coefficient (Wildman–Crippen LogP) is 3.27. The Bertz CT molecular complexity index is 1150. The molecule has 0 spiro atoms. The van der Waals surface area contributed by atoms with Crippen molar-refractivity contribution >= 4 is 5.91 Å². The Morgan fingerprint density at radius 3 is 2.35 bits per heavy atom. The van der Waals surface area contributed by atoms with E-state index in [0.717, 1.165) is 12.8 Å². The van der Waals surface area contributed by atoms with Crippen LogP contribution >= 0.6 is 0 Å². The van der Waals surface area contributed by atoms with Crippen molar-refractivity contribution in [2.75, 3.05) is 26.4 Å². The van der Waals surface area contributed by atoms with Gasteiger partial charge in [0.1, 0.15) is 0 Å². The lowest BCUT2D eigenvalue weighted by Gasteiger charge is -2.17. The molecule has 2 heterocycles. The number of amides is 1. The topological polar surface area (TPSA) is 110 Å². The molecule has 0 aliphatic heterocycles. The van der Waals surface area contributed by atoms with Gasteiger partial charge in [0.25, 0.3) is 5.91 Å². The highest BCUT2D eigenvalue weighted by Crippen LogP contribution is 2.39. The van der Waals surface area contributed by atoms with Gasteiger partial charge in [-0.2, -0.15) is 0 Å². The van der Waals surface area contributed by atoms with Crippen LogP contribution in [0.1, 0.15) is 50.0 Å². The molecule has 0 radical (unpaired) electrons. The number of carbonyl (C=O) groups is 1. The van der Waals surface area contributed by atoms with E-state index in [9.17, 15) is 9.59 Å². The van der Waals surface area contributed by atoms with Gasteiger partial charge in [-0.25, -0.2) is 9.48 Å². The van der Waals surface area contributed by atoms with Crippen LogP contribution in [0.5, 0.6) is 17.2 Å². The highest BCUT2D eigenvalue weighted by molar-refractivity contribution is 5.95. The molecular formula is C24H30N4O6.